The Bertz CT molecular complexity index is 864. The van der Waals surface area contributed by atoms with Crippen molar-refractivity contribution in [2.45, 2.75) is 25.7 Å². The van der Waals surface area contributed by atoms with Crippen molar-refractivity contribution >= 4 is 28.9 Å². The van der Waals surface area contributed by atoms with Crippen molar-refractivity contribution in [1.29, 1.82) is 5.41 Å². The standard InChI is InChI=1S/C20H22N4/c21-18-7-3-6-15-13(11-24-19(15)18)10-12-8-9-17(20(22)23)16-5-2-1-4-14(12)16/h3,6-10,24H,1-2,4-5,11,21H2,(H3,22,23). The van der Waals surface area contributed by atoms with Crippen molar-refractivity contribution in [3.05, 3.63) is 58.1 Å². The molecule has 0 radical (unpaired) electrons. The molecule has 6 N–H and O–H groups in total. The molecule has 0 spiro atoms. The molecule has 1 heterocycles. The highest BCUT2D eigenvalue weighted by atomic mass is 14.9. The van der Waals surface area contributed by atoms with Gasteiger partial charge < -0.3 is 16.8 Å². The van der Waals surface area contributed by atoms with Gasteiger partial charge in [-0.2, -0.15) is 0 Å². The Kier molecular flexibility index (Phi) is 3.53. The first-order valence-corrected chi connectivity index (χ1v) is 8.47. The van der Waals surface area contributed by atoms with Crippen LogP contribution in [0.15, 0.2) is 30.3 Å². The molecule has 0 amide bonds. The lowest BCUT2D eigenvalue weighted by atomic mass is 9.84. The van der Waals surface area contributed by atoms with Gasteiger partial charge in [-0.15, -0.1) is 0 Å². The third-order valence-corrected chi connectivity index (χ3v) is 5.09. The van der Waals surface area contributed by atoms with E-state index in [1.807, 2.05) is 18.2 Å². The first-order chi connectivity index (χ1) is 11.6. The largest absolute Gasteiger partial charge is 0.397 e. The summed E-state index contributed by atoms with van der Waals surface area (Å²) in [7, 11) is 0. The molecular weight excluding hydrogens is 296 g/mol. The molecule has 2 aliphatic rings. The van der Waals surface area contributed by atoms with Crippen LogP contribution in [0.1, 0.15) is 40.7 Å². The molecule has 2 aromatic carbocycles. The van der Waals surface area contributed by atoms with Crippen LogP contribution in [0.5, 0.6) is 0 Å². The molecule has 24 heavy (non-hydrogen) atoms. The van der Waals surface area contributed by atoms with Gasteiger partial charge in [0.05, 0.1) is 11.4 Å². The van der Waals surface area contributed by atoms with Crippen molar-refractivity contribution in [3.8, 4) is 0 Å². The lowest BCUT2D eigenvalue weighted by molar-refractivity contribution is 0.683. The normalized spacial score (nSPS) is 17.2. The van der Waals surface area contributed by atoms with Gasteiger partial charge in [-0.1, -0.05) is 24.3 Å². The molecule has 4 nitrogen and oxygen atoms in total. The van der Waals surface area contributed by atoms with Crippen LogP contribution in [0.4, 0.5) is 11.4 Å². The summed E-state index contributed by atoms with van der Waals surface area (Å²) in [5.74, 6) is 0.174. The topological polar surface area (TPSA) is 87.9 Å². The smallest absolute Gasteiger partial charge is 0.123 e. The molecule has 0 saturated heterocycles. The number of rotatable bonds is 2. The summed E-state index contributed by atoms with van der Waals surface area (Å²) < 4.78 is 0. The summed E-state index contributed by atoms with van der Waals surface area (Å²) in [5.41, 5.74) is 20.9. The van der Waals surface area contributed by atoms with Crippen LogP contribution in [0, 0.1) is 5.41 Å². The Balaban J connectivity index is 1.82. The maximum Gasteiger partial charge on any atom is 0.123 e. The van der Waals surface area contributed by atoms with E-state index in [2.05, 4.69) is 23.5 Å². The maximum atomic E-state index is 7.83. The molecule has 1 aliphatic heterocycles. The van der Waals surface area contributed by atoms with Crippen LogP contribution in [-0.2, 0) is 12.8 Å². The third kappa shape index (κ3) is 2.35. The molecule has 0 bridgehead atoms. The summed E-state index contributed by atoms with van der Waals surface area (Å²) in [6.07, 6.45) is 6.72. The van der Waals surface area contributed by atoms with Crippen LogP contribution in [-0.4, -0.2) is 12.4 Å². The number of benzene rings is 2. The quantitative estimate of drug-likeness (QED) is 0.389. The Morgan fingerprint density at radius 3 is 2.67 bits per heavy atom. The second-order valence-electron chi connectivity index (χ2n) is 6.57. The van der Waals surface area contributed by atoms with E-state index in [0.717, 1.165) is 36.3 Å². The molecule has 122 valence electrons. The second kappa shape index (κ2) is 5.71. The zero-order valence-electron chi connectivity index (χ0n) is 13.7. The molecule has 0 atom stereocenters. The molecule has 0 fully saturated rings. The van der Waals surface area contributed by atoms with E-state index >= 15 is 0 Å². The zero-order chi connectivity index (χ0) is 16.7. The van der Waals surface area contributed by atoms with E-state index in [1.165, 1.54) is 40.7 Å². The molecule has 0 aromatic heterocycles. The Hall–Kier alpha value is -2.75. The minimum Gasteiger partial charge on any atom is -0.397 e. The zero-order valence-corrected chi connectivity index (χ0v) is 13.7. The minimum atomic E-state index is 0.174. The van der Waals surface area contributed by atoms with Gasteiger partial charge in [0.2, 0.25) is 0 Å². The molecule has 0 saturated carbocycles. The lowest BCUT2D eigenvalue weighted by Gasteiger charge is -2.21. The SMILES string of the molecule is N=C(N)c1ccc(C=C2CNc3c(N)cccc32)c2c1CCCC2. The fourth-order valence-electron chi connectivity index (χ4n) is 3.91. The highest BCUT2D eigenvalue weighted by Crippen LogP contribution is 2.37. The van der Waals surface area contributed by atoms with E-state index < -0.39 is 0 Å². The monoisotopic (exact) mass is 318 g/mol. The number of fused-ring (bicyclic) bond motifs is 2. The average Bonchev–Trinajstić information content (AvgIpc) is 2.99. The van der Waals surface area contributed by atoms with Crippen LogP contribution >= 0.6 is 0 Å². The Labute approximate surface area is 142 Å². The van der Waals surface area contributed by atoms with Gasteiger partial charge in [0.25, 0.3) is 0 Å². The highest BCUT2D eigenvalue weighted by Gasteiger charge is 2.20. The first kappa shape index (κ1) is 14.8. The Morgan fingerprint density at radius 2 is 1.88 bits per heavy atom. The van der Waals surface area contributed by atoms with Crippen LogP contribution in [0.2, 0.25) is 0 Å². The van der Waals surface area contributed by atoms with Gasteiger partial charge in [-0.05, 0) is 60.1 Å². The van der Waals surface area contributed by atoms with Crippen molar-refractivity contribution in [3.63, 3.8) is 0 Å². The predicted molar refractivity (Wildman–Crippen MR) is 101 cm³/mol. The minimum absolute atomic E-state index is 0.174. The van der Waals surface area contributed by atoms with Crippen molar-refractivity contribution < 1.29 is 0 Å². The maximum absolute atomic E-state index is 7.83. The number of nitrogens with one attached hydrogen (secondary N) is 2. The Morgan fingerprint density at radius 1 is 1.08 bits per heavy atom. The van der Waals surface area contributed by atoms with Crippen LogP contribution < -0.4 is 16.8 Å². The third-order valence-electron chi connectivity index (χ3n) is 5.09. The molecule has 4 heteroatoms. The molecule has 2 aromatic rings. The molecular formula is C20H22N4. The summed E-state index contributed by atoms with van der Waals surface area (Å²) in [5, 5.41) is 11.2. The molecule has 1 aliphatic carbocycles. The van der Waals surface area contributed by atoms with Gasteiger partial charge >= 0.3 is 0 Å². The van der Waals surface area contributed by atoms with E-state index in [1.54, 1.807) is 0 Å². The summed E-state index contributed by atoms with van der Waals surface area (Å²) >= 11 is 0. The number of hydrogen-bond donors (Lipinski definition) is 4. The van der Waals surface area contributed by atoms with Gasteiger partial charge in [0.15, 0.2) is 0 Å². The fourth-order valence-corrected chi connectivity index (χ4v) is 3.91. The number of hydrogen-bond acceptors (Lipinski definition) is 3. The summed E-state index contributed by atoms with van der Waals surface area (Å²) in [6, 6.07) is 10.2. The van der Waals surface area contributed by atoms with Gasteiger partial charge in [-0.25, -0.2) is 0 Å². The van der Waals surface area contributed by atoms with Gasteiger partial charge in [0.1, 0.15) is 5.84 Å². The lowest BCUT2D eigenvalue weighted by Crippen LogP contribution is -2.17. The van der Waals surface area contributed by atoms with Crippen LogP contribution in [0.3, 0.4) is 0 Å². The number of nitrogen functional groups attached to an aromatic ring is 2. The van der Waals surface area contributed by atoms with Gasteiger partial charge in [0, 0.05) is 17.7 Å². The van der Waals surface area contributed by atoms with E-state index in [4.69, 9.17) is 16.9 Å². The fraction of sp³-hybridized carbons (Fsp3) is 0.250. The second-order valence-corrected chi connectivity index (χ2v) is 6.57. The number of nitrogens with two attached hydrogens (primary N) is 2. The van der Waals surface area contributed by atoms with Crippen molar-refractivity contribution in [2.24, 2.45) is 5.73 Å². The summed E-state index contributed by atoms with van der Waals surface area (Å²) in [4.78, 5) is 0. The van der Waals surface area contributed by atoms with E-state index in [-0.39, 0.29) is 5.84 Å². The van der Waals surface area contributed by atoms with Crippen molar-refractivity contribution in [1.82, 2.24) is 0 Å². The van der Waals surface area contributed by atoms with E-state index in [9.17, 15) is 0 Å². The van der Waals surface area contributed by atoms with Gasteiger partial charge in [-0.3, -0.25) is 5.41 Å². The van der Waals surface area contributed by atoms with Crippen molar-refractivity contribution in [2.75, 3.05) is 17.6 Å². The number of amidine groups is 1. The number of para-hydroxylation sites is 1. The molecule has 4 rings (SSSR count). The summed E-state index contributed by atoms with van der Waals surface area (Å²) in [6.45, 7) is 0.798. The number of anilines is 2. The van der Waals surface area contributed by atoms with E-state index in [0.29, 0.717) is 0 Å². The van der Waals surface area contributed by atoms with Crippen LogP contribution in [0.25, 0.3) is 11.6 Å². The first-order valence-electron chi connectivity index (χ1n) is 8.47. The highest BCUT2D eigenvalue weighted by molar-refractivity contribution is 5.99. The average molecular weight is 318 g/mol. The molecule has 0 unspecified atom stereocenters. The predicted octanol–water partition coefficient (Wildman–Crippen LogP) is 3.40.